The van der Waals surface area contributed by atoms with Gasteiger partial charge in [-0.1, -0.05) is 30.3 Å². The minimum atomic E-state index is 0. The largest absolute Gasteiger partial charge is 1.00 e. The van der Waals surface area contributed by atoms with E-state index in [1.54, 1.807) is 0 Å². The summed E-state index contributed by atoms with van der Waals surface area (Å²) in [6.07, 6.45) is 4.77. The second kappa shape index (κ2) is 7.69. The minimum Gasteiger partial charge on any atom is -1.00 e. The van der Waals surface area contributed by atoms with E-state index in [9.17, 15) is 0 Å². The number of aryl methyl sites for hydroxylation is 1. The smallest absolute Gasteiger partial charge is 0.105 e. The first-order valence-corrected chi connectivity index (χ1v) is 5.55. The topological polar surface area (TPSA) is 0 Å². The first-order valence-electron chi connectivity index (χ1n) is 4.03. The Bertz CT molecular complexity index is 186. The highest BCUT2D eigenvalue weighted by Gasteiger charge is 1.92. The number of rotatable bonds is 4. The van der Waals surface area contributed by atoms with Crippen LogP contribution in [0, 0.1) is 0 Å². The zero-order valence-corrected chi connectivity index (χ0v) is 9.81. The fourth-order valence-corrected chi connectivity index (χ4v) is 1.56. The van der Waals surface area contributed by atoms with Crippen molar-refractivity contribution in [3.63, 3.8) is 0 Å². The number of thiol groups is 1. The van der Waals surface area contributed by atoms with Crippen molar-refractivity contribution in [1.29, 1.82) is 0 Å². The molecular weight excluding hydrogens is 232 g/mol. The Morgan fingerprint density at radius 1 is 1.17 bits per heavy atom. The molecule has 0 radical (unpaired) electrons. The molecule has 0 N–H and O–H groups in total. The third-order valence-corrected chi connectivity index (χ3v) is 2.45. The Hall–Kier alpha value is 0.0500. The molecule has 0 aliphatic heterocycles. The maximum Gasteiger partial charge on any atom is 0.105 e. The first kappa shape index (κ1) is 12.0. The summed E-state index contributed by atoms with van der Waals surface area (Å²) < 4.78 is 0. The molecule has 12 heavy (non-hydrogen) atoms. The molecule has 0 aliphatic carbocycles. The Balaban J connectivity index is 0.00000121. The van der Waals surface area contributed by atoms with Crippen molar-refractivity contribution in [3.8, 4) is 0 Å². The van der Waals surface area contributed by atoms with Crippen LogP contribution in [0.15, 0.2) is 30.3 Å². The van der Waals surface area contributed by atoms with E-state index in [1.807, 2.05) is 0 Å². The molecule has 0 atom stereocenters. The van der Waals surface area contributed by atoms with Crippen LogP contribution in [0.2, 0.25) is 0 Å². The van der Waals surface area contributed by atoms with Gasteiger partial charge in [0.05, 0.1) is 6.26 Å². The van der Waals surface area contributed by atoms with Crippen molar-refractivity contribution in [2.75, 3.05) is 12.0 Å². The SMILES string of the molecule is C[SH+]CCCc1ccccc1.[Br-]. The molecule has 0 saturated heterocycles. The average Bonchev–Trinajstić information content (AvgIpc) is 2.07. The maximum absolute atomic E-state index is 2.21. The van der Waals surface area contributed by atoms with Crippen LogP contribution in [0.4, 0.5) is 0 Å². The quantitative estimate of drug-likeness (QED) is 0.366. The van der Waals surface area contributed by atoms with Gasteiger partial charge >= 0.3 is 0 Å². The standard InChI is InChI=1S/C10H14S.BrH/c1-11-9-5-8-10-6-3-2-4-7-10;/h2-4,6-7H,5,8-9H2,1H3;1H. The molecule has 0 spiro atoms. The zero-order valence-electron chi connectivity index (χ0n) is 7.33. The molecule has 1 rings (SSSR count). The molecule has 68 valence electrons. The third-order valence-electron chi connectivity index (χ3n) is 1.69. The summed E-state index contributed by atoms with van der Waals surface area (Å²) in [7, 11) is 0. The van der Waals surface area contributed by atoms with E-state index in [4.69, 9.17) is 0 Å². The van der Waals surface area contributed by atoms with Crippen LogP contribution >= 0.6 is 0 Å². The van der Waals surface area contributed by atoms with Crippen molar-refractivity contribution in [2.45, 2.75) is 12.8 Å². The molecule has 0 amide bonds. The normalized spacial score (nSPS) is 9.08. The molecule has 0 saturated carbocycles. The molecule has 1 aromatic rings. The van der Waals surface area contributed by atoms with Crippen molar-refractivity contribution in [3.05, 3.63) is 35.9 Å². The van der Waals surface area contributed by atoms with Crippen LogP contribution in [-0.4, -0.2) is 12.0 Å². The van der Waals surface area contributed by atoms with Crippen molar-refractivity contribution in [2.24, 2.45) is 0 Å². The lowest BCUT2D eigenvalue weighted by Crippen LogP contribution is -3.00. The van der Waals surface area contributed by atoms with E-state index in [-0.39, 0.29) is 17.0 Å². The van der Waals surface area contributed by atoms with E-state index in [0.29, 0.717) is 0 Å². The molecular formula is C10H15BrS. The van der Waals surface area contributed by atoms with E-state index >= 15 is 0 Å². The number of benzene rings is 1. The van der Waals surface area contributed by atoms with Crippen LogP contribution < -0.4 is 17.0 Å². The Morgan fingerprint density at radius 2 is 1.83 bits per heavy atom. The lowest BCUT2D eigenvalue weighted by atomic mass is 10.1. The van der Waals surface area contributed by atoms with Gasteiger partial charge in [-0.3, -0.25) is 0 Å². The first-order chi connectivity index (χ1) is 5.43. The molecule has 0 fully saturated rings. The van der Waals surface area contributed by atoms with Crippen LogP contribution in [0.3, 0.4) is 0 Å². The summed E-state index contributed by atoms with van der Waals surface area (Å²) in [5.41, 5.74) is 1.47. The van der Waals surface area contributed by atoms with Crippen LogP contribution in [0.1, 0.15) is 12.0 Å². The minimum absolute atomic E-state index is 0. The second-order valence-corrected chi connectivity index (χ2v) is 3.71. The van der Waals surface area contributed by atoms with E-state index < -0.39 is 0 Å². The molecule has 0 aliphatic rings. The summed E-state index contributed by atoms with van der Waals surface area (Å²) in [5, 5.41) is 0. The lowest BCUT2D eigenvalue weighted by Gasteiger charge is -1.95. The summed E-state index contributed by atoms with van der Waals surface area (Å²) >= 11 is 1.52. The van der Waals surface area contributed by atoms with Crippen molar-refractivity contribution < 1.29 is 17.0 Å². The monoisotopic (exact) mass is 246 g/mol. The van der Waals surface area contributed by atoms with Crippen LogP contribution in [0.5, 0.6) is 0 Å². The summed E-state index contributed by atoms with van der Waals surface area (Å²) in [4.78, 5) is 0. The van der Waals surface area contributed by atoms with E-state index in [0.717, 1.165) is 0 Å². The molecule has 0 nitrogen and oxygen atoms in total. The highest BCUT2D eigenvalue weighted by Crippen LogP contribution is 2.01. The Morgan fingerprint density at radius 3 is 2.42 bits per heavy atom. The molecule has 0 unspecified atom stereocenters. The van der Waals surface area contributed by atoms with Gasteiger partial charge in [0, 0.05) is 0 Å². The van der Waals surface area contributed by atoms with E-state index in [1.165, 1.54) is 35.9 Å². The van der Waals surface area contributed by atoms with Gasteiger partial charge in [0.1, 0.15) is 5.75 Å². The maximum atomic E-state index is 2.21. The molecule has 2 heteroatoms. The van der Waals surface area contributed by atoms with Gasteiger partial charge in [-0.15, -0.1) is 0 Å². The van der Waals surface area contributed by atoms with Crippen LogP contribution in [-0.2, 0) is 18.2 Å². The molecule has 0 bridgehead atoms. The lowest BCUT2D eigenvalue weighted by molar-refractivity contribution is -0.00000228. The predicted molar refractivity (Wildman–Crippen MR) is 54.3 cm³/mol. The van der Waals surface area contributed by atoms with Crippen molar-refractivity contribution >= 4 is 11.8 Å². The van der Waals surface area contributed by atoms with Gasteiger partial charge in [0.15, 0.2) is 0 Å². The average molecular weight is 247 g/mol. The predicted octanol–water partition coefficient (Wildman–Crippen LogP) is -0.932. The van der Waals surface area contributed by atoms with Gasteiger partial charge in [-0.05, 0) is 30.2 Å². The van der Waals surface area contributed by atoms with E-state index in [2.05, 4.69) is 36.6 Å². The fraction of sp³-hybridized carbons (Fsp3) is 0.400. The van der Waals surface area contributed by atoms with Crippen LogP contribution in [0.25, 0.3) is 0 Å². The zero-order chi connectivity index (χ0) is 7.94. The Labute approximate surface area is 89.5 Å². The number of hydrogen-bond acceptors (Lipinski definition) is 0. The number of halogens is 1. The highest BCUT2D eigenvalue weighted by molar-refractivity contribution is 7.77. The summed E-state index contributed by atoms with van der Waals surface area (Å²) in [6, 6.07) is 10.7. The van der Waals surface area contributed by atoms with Gasteiger partial charge in [-0.2, -0.15) is 0 Å². The van der Waals surface area contributed by atoms with Gasteiger partial charge < -0.3 is 17.0 Å². The summed E-state index contributed by atoms with van der Waals surface area (Å²) in [5.74, 6) is 1.33. The summed E-state index contributed by atoms with van der Waals surface area (Å²) in [6.45, 7) is 0. The fourth-order valence-electron chi connectivity index (χ4n) is 1.09. The number of hydrogen-bond donors (Lipinski definition) is 0. The molecule has 0 aromatic heterocycles. The van der Waals surface area contributed by atoms with Crippen molar-refractivity contribution in [1.82, 2.24) is 0 Å². The third kappa shape index (κ3) is 4.83. The second-order valence-electron chi connectivity index (χ2n) is 2.63. The van der Waals surface area contributed by atoms with Gasteiger partial charge in [0.25, 0.3) is 0 Å². The highest BCUT2D eigenvalue weighted by atomic mass is 79.9. The molecule has 0 heterocycles. The molecule has 1 aromatic carbocycles. The van der Waals surface area contributed by atoms with Gasteiger partial charge in [0.2, 0.25) is 0 Å². The Kier molecular flexibility index (Phi) is 7.72. The van der Waals surface area contributed by atoms with Gasteiger partial charge in [-0.25, -0.2) is 0 Å².